The number of amides is 1. The lowest BCUT2D eigenvalue weighted by molar-refractivity contribution is -0.142. The molecule has 0 heterocycles. The third-order valence-electron chi connectivity index (χ3n) is 3.82. The molecule has 0 fully saturated rings. The van der Waals surface area contributed by atoms with Crippen molar-refractivity contribution in [3.8, 4) is 0 Å². The van der Waals surface area contributed by atoms with E-state index in [2.05, 4.69) is 19.2 Å². The van der Waals surface area contributed by atoms with Crippen LogP contribution in [0.5, 0.6) is 0 Å². The molecule has 0 spiro atoms. The number of anilines is 1. The van der Waals surface area contributed by atoms with Crippen molar-refractivity contribution in [2.75, 3.05) is 11.9 Å². The molecule has 136 valence electrons. The molecule has 26 heavy (non-hydrogen) atoms. The lowest BCUT2D eigenvalue weighted by atomic mass is 10.0. The molecule has 1 amide bonds. The van der Waals surface area contributed by atoms with E-state index in [1.54, 1.807) is 24.3 Å². The van der Waals surface area contributed by atoms with E-state index in [0.717, 1.165) is 11.1 Å². The third kappa shape index (κ3) is 6.05. The van der Waals surface area contributed by atoms with E-state index in [-0.39, 0.29) is 6.61 Å². The van der Waals surface area contributed by atoms with Crippen LogP contribution in [0.1, 0.15) is 36.5 Å². The van der Waals surface area contributed by atoms with Gasteiger partial charge in [0, 0.05) is 16.8 Å². The number of rotatable bonds is 6. The largest absolute Gasteiger partial charge is 0.452 e. The van der Waals surface area contributed by atoms with Crippen molar-refractivity contribution in [1.29, 1.82) is 0 Å². The number of hydrogen-bond donors (Lipinski definition) is 1. The van der Waals surface area contributed by atoms with Crippen LogP contribution in [0.15, 0.2) is 48.5 Å². The Hall–Kier alpha value is -2.59. The summed E-state index contributed by atoms with van der Waals surface area (Å²) in [6.45, 7) is 5.73. The summed E-state index contributed by atoms with van der Waals surface area (Å²) < 4.78 is 4.96. The Labute approximate surface area is 158 Å². The van der Waals surface area contributed by atoms with E-state index in [9.17, 15) is 9.59 Å². The van der Waals surface area contributed by atoms with Gasteiger partial charge in [-0.25, -0.2) is 4.79 Å². The predicted molar refractivity (Wildman–Crippen MR) is 105 cm³/mol. The van der Waals surface area contributed by atoms with Crippen molar-refractivity contribution in [3.05, 3.63) is 70.3 Å². The summed E-state index contributed by atoms with van der Waals surface area (Å²) in [5.41, 5.74) is 3.60. The number of esters is 1. The van der Waals surface area contributed by atoms with Crippen LogP contribution in [0.2, 0.25) is 5.02 Å². The third-order valence-corrected chi connectivity index (χ3v) is 4.06. The number of halogens is 1. The van der Waals surface area contributed by atoms with Gasteiger partial charge in [0.15, 0.2) is 6.61 Å². The average Bonchev–Trinajstić information content (AvgIpc) is 2.61. The van der Waals surface area contributed by atoms with Gasteiger partial charge >= 0.3 is 5.97 Å². The highest BCUT2D eigenvalue weighted by molar-refractivity contribution is 6.30. The van der Waals surface area contributed by atoms with Gasteiger partial charge in [-0.15, -0.1) is 0 Å². The molecule has 1 N–H and O–H groups in total. The molecular formula is C21H22ClNO3. The maximum atomic E-state index is 11.9. The summed E-state index contributed by atoms with van der Waals surface area (Å²) in [5, 5.41) is 3.28. The lowest BCUT2D eigenvalue weighted by Gasteiger charge is -2.08. The fraction of sp³-hybridized carbons (Fsp3) is 0.238. The first-order valence-electron chi connectivity index (χ1n) is 8.36. The number of aryl methyl sites for hydroxylation is 1. The molecule has 0 unspecified atom stereocenters. The Kier molecular flexibility index (Phi) is 6.98. The summed E-state index contributed by atoms with van der Waals surface area (Å²) in [6, 6.07) is 13.1. The topological polar surface area (TPSA) is 55.4 Å². The van der Waals surface area contributed by atoms with Crippen molar-refractivity contribution in [2.45, 2.75) is 26.7 Å². The van der Waals surface area contributed by atoms with E-state index in [0.29, 0.717) is 16.6 Å². The van der Waals surface area contributed by atoms with Crippen LogP contribution in [0.3, 0.4) is 0 Å². The Morgan fingerprint density at radius 1 is 1.15 bits per heavy atom. The van der Waals surface area contributed by atoms with Crippen LogP contribution < -0.4 is 5.32 Å². The summed E-state index contributed by atoms with van der Waals surface area (Å²) >= 11 is 5.88. The number of carbonyl (C=O) groups is 2. The lowest BCUT2D eigenvalue weighted by Crippen LogP contribution is -2.20. The molecular weight excluding hydrogens is 350 g/mol. The van der Waals surface area contributed by atoms with Crippen molar-refractivity contribution < 1.29 is 14.3 Å². The second-order valence-electron chi connectivity index (χ2n) is 6.27. The zero-order valence-electron chi connectivity index (χ0n) is 15.1. The molecule has 2 aromatic carbocycles. The fourth-order valence-electron chi connectivity index (χ4n) is 2.29. The monoisotopic (exact) mass is 371 g/mol. The van der Waals surface area contributed by atoms with Crippen molar-refractivity contribution in [3.63, 3.8) is 0 Å². The van der Waals surface area contributed by atoms with Gasteiger partial charge in [0.05, 0.1) is 0 Å². The standard InChI is InChI=1S/C21H22ClNO3/c1-14(2)17-7-4-16(5-8-17)6-11-21(25)26-13-20(24)23-19-10-9-18(22)12-15(19)3/h4-12,14H,13H2,1-3H3,(H,23,24)/b11-6+. The minimum atomic E-state index is -0.569. The van der Waals surface area contributed by atoms with Crippen molar-refractivity contribution in [2.24, 2.45) is 0 Å². The first kappa shape index (κ1) is 19.7. The summed E-state index contributed by atoms with van der Waals surface area (Å²) in [4.78, 5) is 23.6. The molecule has 0 aliphatic carbocycles. The van der Waals surface area contributed by atoms with Crippen molar-refractivity contribution >= 4 is 35.2 Å². The van der Waals surface area contributed by atoms with Crippen LogP contribution in [-0.4, -0.2) is 18.5 Å². The SMILES string of the molecule is Cc1cc(Cl)ccc1NC(=O)COC(=O)/C=C/c1ccc(C(C)C)cc1. The van der Waals surface area contributed by atoms with E-state index in [4.69, 9.17) is 16.3 Å². The molecule has 2 rings (SSSR count). The predicted octanol–water partition coefficient (Wildman–Crippen LogP) is 4.97. The smallest absolute Gasteiger partial charge is 0.331 e. The van der Waals surface area contributed by atoms with Gasteiger partial charge in [0.2, 0.25) is 0 Å². The number of ether oxygens (including phenoxy) is 1. The Morgan fingerprint density at radius 3 is 2.46 bits per heavy atom. The van der Waals surface area contributed by atoms with Crippen molar-refractivity contribution in [1.82, 2.24) is 0 Å². The normalized spacial score (nSPS) is 11.0. The highest BCUT2D eigenvalue weighted by atomic mass is 35.5. The molecule has 2 aromatic rings. The minimum absolute atomic E-state index is 0.350. The fourth-order valence-corrected chi connectivity index (χ4v) is 2.52. The highest BCUT2D eigenvalue weighted by Gasteiger charge is 2.07. The Balaban J connectivity index is 1.83. The summed E-state index contributed by atoms with van der Waals surface area (Å²) in [5.74, 6) is -0.514. The summed E-state index contributed by atoms with van der Waals surface area (Å²) in [6.07, 6.45) is 2.97. The van der Waals surface area contributed by atoms with Crippen LogP contribution in [-0.2, 0) is 14.3 Å². The molecule has 0 aromatic heterocycles. The maximum Gasteiger partial charge on any atom is 0.331 e. The van der Waals surface area contributed by atoms with Crippen LogP contribution in [0.25, 0.3) is 6.08 Å². The molecule has 5 heteroatoms. The van der Waals surface area contributed by atoms with E-state index in [1.807, 2.05) is 31.2 Å². The van der Waals surface area contributed by atoms with Gasteiger partial charge in [-0.2, -0.15) is 0 Å². The molecule has 0 atom stereocenters. The van der Waals surface area contributed by atoms with E-state index >= 15 is 0 Å². The highest BCUT2D eigenvalue weighted by Crippen LogP contribution is 2.19. The Morgan fingerprint density at radius 2 is 1.85 bits per heavy atom. The van der Waals surface area contributed by atoms with Gasteiger partial charge in [0.1, 0.15) is 0 Å². The number of nitrogens with one attached hydrogen (secondary N) is 1. The van der Waals surface area contributed by atoms with Gasteiger partial charge < -0.3 is 10.1 Å². The van der Waals surface area contributed by atoms with Crippen LogP contribution in [0, 0.1) is 6.92 Å². The van der Waals surface area contributed by atoms with E-state index < -0.39 is 11.9 Å². The zero-order valence-corrected chi connectivity index (χ0v) is 15.8. The van der Waals surface area contributed by atoms with Crippen LogP contribution >= 0.6 is 11.6 Å². The van der Waals surface area contributed by atoms with Gasteiger partial charge in [0.25, 0.3) is 5.91 Å². The number of hydrogen-bond acceptors (Lipinski definition) is 3. The molecule has 0 aliphatic rings. The Bertz CT molecular complexity index is 811. The molecule has 0 bridgehead atoms. The first-order valence-corrected chi connectivity index (χ1v) is 8.74. The molecule has 0 saturated carbocycles. The quantitative estimate of drug-likeness (QED) is 0.576. The number of benzene rings is 2. The average molecular weight is 372 g/mol. The molecule has 4 nitrogen and oxygen atoms in total. The molecule has 0 radical (unpaired) electrons. The van der Waals surface area contributed by atoms with Crippen LogP contribution in [0.4, 0.5) is 5.69 Å². The summed E-state index contributed by atoms with van der Waals surface area (Å²) in [7, 11) is 0. The second-order valence-corrected chi connectivity index (χ2v) is 6.71. The second kappa shape index (κ2) is 9.20. The van der Waals surface area contributed by atoms with E-state index in [1.165, 1.54) is 11.6 Å². The first-order chi connectivity index (χ1) is 12.3. The maximum absolute atomic E-state index is 11.9. The van der Waals surface area contributed by atoms with Gasteiger partial charge in [-0.1, -0.05) is 49.7 Å². The molecule has 0 saturated heterocycles. The zero-order chi connectivity index (χ0) is 19.1. The molecule has 0 aliphatic heterocycles. The van der Waals surface area contributed by atoms with Gasteiger partial charge in [-0.05, 0) is 53.8 Å². The van der Waals surface area contributed by atoms with Gasteiger partial charge in [-0.3, -0.25) is 4.79 Å². The minimum Gasteiger partial charge on any atom is -0.452 e. The number of carbonyl (C=O) groups excluding carboxylic acids is 2.